The van der Waals surface area contributed by atoms with Crippen LogP contribution < -0.4 is 10.6 Å². The third-order valence-electron chi connectivity index (χ3n) is 2.70. The Morgan fingerprint density at radius 1 is 1.56 bits per heavy atom. The molecule has 2 rings (SSSR count). The van der Waals surface area contributed by atoms with Gasteiger partial charge < -0.3 is 10.6 Å². The van der Waals surface area contributed by atoms with Crippen molar-refractivity contribution in [3.05, 3.63) is 17.4 Å². The van der Waals surface area contributed by atoms with E-state index in [0.29, 0.717) is 0 Å². The molecule has 6 nitrogen and oxygen atoms in total. The zero-order chi connectivity index (χ0) is 13.5. The van der Waals surface area contributed by atoms with Crippen LogP contribution in [0.5, 0.6) is 0 Å². The number of pyridine rings is 1. The molecule has 1 amide bonds. The molecule has 0 spiro atoms. The summed E-state index contributed by atoms with van der Waals surface area (Å²) in [5, 5.41) is -1.36. The summed E-state index contributed by atoms with van der Waals surface area (Å²) in [7, 11) is -4.75. The van der Waals surface area contributed by atoms with Gasteiger partial charge in [0.25, 0.3) is 0 Å². The molecule has 1 unspecified atom stereocenters. The molecular weight excluding hydrogens is 285 g/mol. The van der Waals surface area contributed by atoms with Crippen LogP contribution in [0, 0.1) is 0 Å². The van der Waals surface area contributed by atoms with Crippen LogP contribution in [0.15, 0.2) is 12.3 Å². The maximum Gasteiger partial charge on any atom is 0.307 e. The monoisotopic (exact) mass is 293 g/mol. The minimum absolute atomic E-state index is 0.00635. The maximum atomic E-state index is 12.9. The highest BCUT2D eigenvalue weighted by atomic mass is 35.5. The highest BCUT2D eigenvalue weighted by Gasteiger charge is 2.39. The van der Waals surface area contributed by atoms with Crippen LogP contribution in [0.4, 0.5) is 15.3 Å². The molecule has 2 heterocycles. The number of anilines is 2. The van der Waals surface area contributed by atoms with Gasteiger partial charge in [-0.1, -0.05) is 11.6 Å². The number of nitrogens with zero attached hydrogens (tertiary/aromatic N) is 2. The fraction of sp³-hybridized carbons (Fsp3) is 0.333. The first-order valence-electron chi connectivity index (χ1n) is 4.94. The Labute approximate surface area is 108 Å². The number of hydrogen-bond donors (Lipinski definition) is 1. The molecule has 18 heavy (non-hydrogen) atoms. The minimum atomic E-state index is -4.75. The van der Waals surface area contributed by atoms with Gasteiger partial charge in [0.2, 0.25) is 5.91 Å². The van der Waals surface area contributed by atoms with E-state index in [-0.39, 0.29) is 23.1 Å². The van der Waals surface area contributed by atoms with Gasteiger partial charge in [0.1, 0.15) is 5.25 Å². The van der Waals surface area contributed by atoms with E-state index in [1.807, 2.05) is 0 Å². The predicted molar refractivity (Wildman–Crippen MR) is 64.4 cm³/mol. The Bertz CT molecular complexity index is 607. The summed E-state index contributed by atoms with van der Waals surface area (Å²) in [4.78, 5) is 16.5. The molecule has 1 aromatic rings. The van der Waals surface area contributed by atoms with Crippen LogP contribution in [0.3, 0.4) is 0 Å². The SMILES string of the molecule is Nc1c(N2CC(S(=O)(=O)F)CC2=O)ccnc1Cl. The van der Waals surface area contributed by atoms with Gasteiger partial charge in [-0.05, 0) is 6.07 Å². The summed E-state index contributed by atoms with van der Waals surface area (Å²) in [6.45, 7) is -0.276. The van der Waals surface area contributed by atoms with Crippen molar-refractivity contribution in [2.45, 2.75) is 11.7 Å². The average molecular weight is 294 g/mol. The summed E-state index contributed by atoms with van der Waals surface area (Å²) in [5.74, 6) is -0.518. The van der Waals surface area contributed by atoms with E-state index in [4.69, 9.17) is 17.3 Å². The second kappa shape index (κ2) is 4.36. The fourth-order valence-corrected chi connectivity index (χ4v) is 2.59. The van der Waals surface area contributed by atoms with E-state index in [2.05, 4.69) is 4.98 Å². The zero-order valence-corrected chi connectivity index (χ0v) is 10.6. The van der Waals surface area contributed by atoms with E-state index in [9.17, 15) is 17.1 Å². The van der Waals surface area contributed by atoms with Crippen molar-refractivity contribution in [2.75, 3.05) is 17.2 Å². The number of halogens is 2. The Hall–Kier alpha value is -1.41. The molecule has 1 atom stereocenters. The standard InChI is InChI=1S/C9H9ClFN3O3S/c10-9-8(12)6(1-2-13-9)14-4-5(3-7(14)15)18(11,16)17/h1-2,5H,3-4,12H2. The van der Waals surface area contributed by atoms with E-state index >= 15 is 0 Å². The van der Waals surface area contributed by atoms with E-state index in [1.165, 1.54) is 12.3 Å². The number of rotatable bonds is 2. The van der Waals surface area contributed by atoms with Crippen molar-refractivity contribution in [1.82, 2.24) is 4.98 Å². The van der Waals surface area contributed by atoms with Gasteiger partial charge in [-0.3, -0.25) is 4.79 Å². The maximum absolute atomic E-state index is 12.9. The lowest BCUT2D eigenvalue weighted by Crippen LogP contribution is -2.27. The minimum Gasteiger partial charge on any atom is -0.395 e. The lowest BCUT2D eigenvalue weighted by Gasteiger charge is -2.18. The van der Waals surface area contributed by atoms with Crippen LogP contribution >= 0.6 is 11.6 Å². The Kier molecular flexibility index (Phi) is 3.16. The van der Waals surface area contributed by atoms with Crippen molar-refractivity contribution in [3.63, 3.8) is 0 Å². The lowest BCUT2D eigenvalue weighted by molar-refractivity contribution is -0.117. The molecule has 98 valence electrons. The van der Waals surface area contributed by atoms with E-state index < -0.39 is 27.8 Å². The van der Waals surface area contributed by atoms with Gasteiger partial charge in [0, 0.05) is 19.2 Å². The van der Waals surface area contributed by atoms with Gasteiger partial charge in [-0.2, -0.15) is 8.42 Å². The molecule has 1 fully saturated rings. The van der Waals surface area contributed by atoms with Gasteiger partial charge in [0.05, 0.1) is 11.4 Å². The predicted octanol–water partition coefficient (Wildman–Crippen LogP) is 0.722. The summed E-state index contributed by atoms with van der Waals surface area (Å²) in [6, 6.07) is 1.42. The summed E-state index contributed by atoms with van der Waals surface area (Å²) in [5.41, 5.74) is 5.95. The third kappa shape index (κ3) is 2.25. The second-order valence-corrected chi connectivity index (χ2v) is 5.82. The highest BCUT2D eigenvalue weighted by molar-refractivity contribution is 7.87. The van der Waals surface area contributed by atoms with Crippen molar-refractivity contribution < 1.29 is 17.1 Å². The topological polar surface area (TPSA) is 93.4 Å². The Morgan fingerprint density at radius 2 is 2.22 bits per heavy atom. The van der Waals surface area contributed by atoms with Gasteiger partial charge in [0.15, 0.2) is 5.15 Å². The number of nitrogens with two attached hydrogens (primary N) is 1. The number of nitrogen functional groups attached to an aromatic ring is 1. The second-order valence-electron chi connectivity index (χ2n) is 3.84. The molecule has 0 radical (unpaired) electrons. The molecule has 1 aliphatic heterocycles. The molecule has 1 saturated heterocycles. The van der Waals surface area contributed by atoms with Gasteiger partial charge in [-0.15, -0.1) is 3.89 Å². The van der Waals surface area contributed by atoms with Crippen molar-refractivity contribution in [3.8, 4) is 0 Å². The highest BCUT2D eigenvalue weighted by Crippen LogP contribution is 2.32. The molecule has 2 N–H and O–H groups in total. The number of hydrogen-bond acceptors (Lipinski definition) is 5. The third-order valence-corrected chi connectivity index (χ3v) is 4.11. The quantitative estimate of drug-likeness (QED) is 0.640. The lowest BCUT2D eigenvalue weighted by atomic mass is 10.3. The summed E-state index contributed by atoms with van der Waals surface area (Å²) >= 11 is 5.70. The first kappa shape index (κ1) is 13.0. The van der Waals surface area contributed by atoms with E-state index in [0.717, 1.165) is 4.90 Å². The number of carbonyl (C=O) groups is 1. The Balaban J connectivity index is 2.36. The smallest absolute Gasteiger partial charge is 0.307 e. The first-order chi connectivity index (χ1) is 8.30. The van der Waals surface area contributed by atoms with Crippen LogP contribution in [0.2, 0.25) is 5.15 Å². The molecular formula is C9H9ClFN3O3S. The van der Waals surface area contributed by atoms with Gasteiger partial charge in [-0.25, -0.2) is 4.98 Å². The van der Waals surface area contributed by atoms with Crippen molar-refractivity contribution in [1.29, 1.82) is 0 Å². The molecule has 0 bridgehead atoms. The molecule has 1 aliphatic rings. The summed E-state index contributed by atoms with van der Waals surface area (Å²) in [6.07, 6.45) is 0.927. The normalized spacial score (nSPS) is 20.4. The molecule has 0 aromatic carbocycles. The van der Waals surface area contributed by atoms with Crippen LogP contribution in [0.25, 0.3) is 0 Å². The van der Waals surface area contributed by atoms with Crippen LogP contribution in [0.1, 0.15) is 6.42 Å². The average Bonchev–Trinajstić information content (AvgIpc) is 2.64. The molecule has 1 aromatic heterocycles. The van der Waals surface area contributed by atoms with Crippen molar-refractivity contribution >= 4 is 39.1 Å². The zero-order valence-electron chi connectivity index (χ0n) is 9.01. The number of aromatic nitrogens is 1. The molecule has 9 heteroatoms. The van der Waals surface area contributed by atoms with Crippen LogP contribution in [-0.4, -0.2) is 31.1 Å². The largest absolute Gasteiger partial charge is 0.395 e. The molecule has 0 saturated carbocycles. The number of amides is 1. The first-order valence-corrected chi connectivity index (χ1v) is 6.77. The Morgan fingerprint density at radius 3 is 2.78 bits per heavy atom. The van der Waals surface area contributed by atoms with E-state index in [1.54, 1.807) is 0 Å². The molecule has 0 aliphatic carbocycles. The summed E-state index contributed by atoms with van der Waals surface area (Å²) < 4.78 is 34.4. The van der Waals surface area contributed by atoms with Gasteiger partial charge >= 0.3 is 10.2 Å². The fourth-order valence-electron chi connectivity index (χ4n) is 1.77. The van der Waals surface area contributed by atoms with Crippen molar-refractivity contribution in [2.24, 2.45) is 0 Å². The van der Waals surface area contributed by atoms with Crippen LogP contribution in [-0.2, 0) is 15.0 Å². The number of carbonyl (C=O) groups excluding carboxylic acids is 1.